The lowest BCUT2D eigenvalue weighted by atomic mass is 10.1. The fraction of sp³-hybridized carbons (Fsp3) is 0.280. The molecule has 2 aromatic carbocycles. The summed E-state index contributed by atoms with van der Waals surface area (Å²) < 4.78 is 56.2. The Hall–Kier alpha value is -3.77. The van der Waals surface area contributed by atoms with Crippen molar-refractivity contribution in [2.45, 2.75) is 30.0 Å². The van der Waals surface area contributed by atoms with Crippen molar-refractivity contribution in [1.29, 1.82) is 0 Å². The van der Waals surface area contributed by atoms with Gasteiger partial charge in [0.2, 0.25) is 5.89 Å². The Labute approximate surface area is 213 Å². The smallest absolute Gasteiger partial charge is 0.270 e. The van der Waals surface area contributed by atoms with E-state index in [2.05, 4.69) is 25.5 Å². The maximum atomic E-state index is 12.6. The van der Waals surface area contributed by atoms with Crippen LogP contribution in [0.2, 0.25) is 0 Å². The van der Waals surface area contributed by atoms with E-state index in [4.69, 9.17) is 10.2 Å². The molecule has 1 atom stereocenters. The fourth-order valence-corrected chi connectivity index (χ4v) is 5.03. The summed E-state index contributed by atoms with van der Waals surface area (Å²) in [5, 5.41) is 10.4. The predicted molar refractivity (Wildman–Crippen MR) is 136 cm³/mol. The maximum absolute atomic E-state index is 12.6. The number of nitrogens with zero attached hydrogens (tertiary/aromatic N) is 4. The molecule has 0 aliphatic rings. The number of sulfone groups is 1. The highest BCUT2D eigenvalue weighted by Gasteiger charge is 2.23. The van der Waals surface area contributed by atoms with Crippen molar-refractivity contribution >= 4 is 15.7 Å². The molecule has 3 N–H and O–H groups in total. The Morgan fingerprint density at radius 2 is 1.76 bits per heavy atom. The molecule has 9 nitrogen and oxygen atoms in total. The largest absolute Gasteiger partial charge is 0.414 e. The van der Waals surface area contributed by atoms with Gasteiger partial charge in [-0.25, -0.2) is 22.8 Å². The maximum Gasteiger partial charge on any atom is 0.270 e. The first-order valence-corrected chi connectivity index (χ1v) is 13.1. The van der Waals surface area contributed by atoms with Crippen molar-refractivity contribution in [2.75, 3.05) is 25.6 Å². The van der Waals surface area contributed by atoms with Crippen LogP contribution in [-0.4, -0.2) is 53.7 Å². The third-order valence-electron chi connectivity index (χ3n) is 5.79. The van der Waals surface area contributed by atoms with Crippen LogP contribution in [0.1, 0.15) is 18.9 Å². The first-order chi connectivity index (χ1) is 17.8. The molecule has 0 fully saturated rings. The van der Waals surface area contributed by atoms with Crippen molar-refractivity contribution < 1.29 is 21.6 Å². The van der Waals surface area contributed by atoms with Crippen LogP contribution in [0.5, 0.6) is 0 Å². The summed E-state index contributed by atoms with van der Waals surface area (Å²) in [4.78, 5) is 8.81. The monoisotopic (exact) mass is 528 g/mol. The number of nitrogens with two attached hydrogens (primary N) is 1. The normalized spacial score (nSPS) is 12.5. The fourth-order valence-electron chi connectivity index (χ4n) is 3.65. The van der Waals surface area contributed by atoms with Gasteiger partial charge in [-0.15, -0.1) is 10.2 Å². The number of aromatic nitrogens is 4. The van der Waals surface area contributed by atoms with Crippen LogP contribution in [0.15, 0.2) is 64.0 Å². The van der Waals surface area contributed by atoms with E-state index >= 15 is 0 Å². The highest BCUT2D eigenvalue weighted by atomic mass is 32.2. The summed E-state index contributed by atoms with van der Waals surface area (Å²) >= 11 is 0. The number of hydrogen-bond acceptors (Lipinski definition) is 9. The molecule has 0 bridgehead atoms. The summed E-state index contributed by atoms with van der Waals surface area (Å²) in [6.07, 6.45) is 1.39. The van der Waals surface area contributed by atoms with E-state index < -0.39 is 28.4 Å². The Kier molecular flexibility index (Phi) is 8.19. The van der Waals surface area contributed by atoms with Gasteiger partial charge in [0.1, 0.15) is 6.67 Å². The van der Waals surface area contributed by atoms with Crippen LogP contribution in [0.3, 0.4) is 0 Å². The minimum Gasteiger partial charge on any atom is -0.414 e. The third-order valence-corrected chi connectivity index (χ3v) is 8.01. The SMILES string of the molecule is CC(CCF)S(=O)(=O)c1ccc(-c2cnc(N)c(-c3nnc(-c4ccccc4CNCCF)o3)n2)cc1. The molecule has 0 saturated carbocycles. The standard InChI is InChI=1S/C25H26F2N6O3S/c1-16(10-11-26)37(34,35)19-8-6-17(7-9-19)21-15-30-23(28)22(31-21)25-33-32-24(36-25)20-5-3-2-4-18(20)14-29-13-12-27/h2-9,15-16,29H,10-14H2,1H3,(H2,28,30). The minimum atomic E-state index is -3.65. The molecule has 0 aliphatic carbocycles. The Morgan fingerprint density at radius 3 is 2.49 bits per heavy atom. The van der Waals surface area contributed by atoms with E-state index in [1.54, 1.807) is 12.1 Å². The van der Waals surface area contributed by atoms with E-state index in [1.807, 2.05) is 24.3 Å². The number of hydrogen-bond donors (Lipinski definition) is 2. The van der Waals surface area contributed by atoms with E-state index in [0.717, 1.165) is 5.56 Å². The van der Waals surface area contributed by atoms with E-state index in [0.29, 0.717) is 23.4 Å². The molecule has 1 unspecified atom stereocenters. The second kappa shape index (κ2) is 11.5. The van der Waals surface area contributed by atoms with Crippen molar-refractivity contribution in [1.82, 2.24) is 25.5 Å². The summed E-state index contributed by atoms with van der Waals surface area (Å²) in [6, 6.07) is 13.5. The number of halogens is 2. The molecule has 0 amide bonds. The van der Waals surface area contributed by atoms with Crippen molar-refractivity contribution in [3.8, 4) is 34.3 Å². The average Bonchev–Trinajstić information content (AvgIpc) is 3.39. The molecule has 194 valence electrons. The van der Waals surface area contributed by atoms with Gasteiger partial charge in [0.25, 0.3) is 5.89 Å². The van der Waals surface area contributed by atoms with Crippen molar-refractivity contribution in [2.24, 2.45) is 0 Å². The Bertz CT molecular complexity index is 1460. The van der Waals surface area contributed by atoms with Gasteiger partial charge in [0, 0.05) is 24.2 Å². The second-order valence-electron chi connectivity index (χ2n) is 8.28. The van der Waals surface area contributed by atoms with Crippen LogP contribution in [0.4, 0.5) is 14.6 Å². The summed E-state index contributed by atoms with van der Waals surface area (Å²) in [5.74, 6) is 0.389. The lowest BCUT2D eigenvalue weighted by Crippen LogP contribution is -2.18. The highest BCUT2D eigenvalue weighted by molar-refractivity contribution is 7.92. The van der Waals surface area contributed by atoms with Gasteiger partial charge >= 0.3 is 0 Å². The van der Waals surface area contributed by atoms with E-state index in [-0.39, 0.29) is 41.2 Å². The zero-order chi connectivity index (χ0) is 26.4. The number of nitrogens with one attached hydrogen (secondary N) is 1. The zero-order valence-electron chi connectivity index (χ0n) is 20.1. The molecule has 4 rings (SSSR count). The Balaban J connectivity index is 1.61. The van der Waals surface area contributed by atoms with Gasteiger partial charge in [-0.2, -0.15) is 0 Å². The summed E-state index contributed by atoms with van der Waals surface area (Å²) in [6.45, 7) is 0.955. The lowest BCUT2D eigenvalue weighted by molar-refractivity contribution is 0.464. The lowest BCUT2D eigenvalue weighted by Gasteiger charge is -2.12. The van der Waals surface area contributed by atoms with Gasteiger partial charge in [-0.3, -0.25) is 4.39 Å². The second-order valence-corrected chi connectivity index (χ2v) is 10.6. The van der Waals surface area contributed by atoms with Crippen LogP contribution < -0.4 is 11.1 Å². The molecular formula is C25H26F2N6O3S. The van der Waals surface area contributed by atoms with Gasteiger partial charge in [0.05, 0.1) is 28.7 Å². The van der Waals surface area contributed by atoms with Gasteiger partial charge in [-0.05, 0) is 37.1 Å². The minimum absolute atomic E-state index is 0.0626. The zero-order valence-corrected chi connectivity index (χ0v) is 20.9. The summed E-state index contributed by atoms with van der Waals surface area (Å²) in [7, 11) is -3.65. The molecule has 4 aromatic rings. The van der Waals surface area contributed by atoms with E-state index in [9.17, 15) is 17.2 Å². The van der Waals surface area contributed by atoms with Crippen LogP contribution in [-0.2, 0) is 16.4 Å². The third kappa shape index (κ3) is 5.81. The van der Waals surface area contributed by atoms with E-state index in [1.165, 1.54) is 25.3 Å². The van der Waals surface area contributed by atoms with Crippen LogP contribution in [0, 0.1) is 0 Å². The molecule has 2 heterocycles. The highest BCUT2D eigenvalue weighted by Crippen LogP contribution is 2.30. The van der Waals surface area contributed by atoms with Crippen LogP contribution in [0.25, 0.3) is 34.3 Å². The number of nitrogen functional groups attached to an aromatic ring is 1. The first kappa shape index (κ1) is 26.3. The molecule has 12 heteroatoms. The molecule has 2 aromatic heterocycles. The molecule has 0 radical (unpaired) electrons. The molecule has 0 aliphatic heterocycles. The molecule has 37 heavy (non-hydrogen) atoms. The Morgan fingerprint density at radius 1 is 1.03 bits per heavy atom. The first-order valence-electron chi connectivity index (χ1n) is 11.6. The number of alkyl halides is 2. The predicted octanol–water partition coefficient (Wildman–Crippen LogP) is 4.02. The molecular weight excluding hydrogens is 502 g/mol. The van der Waals surface area contributed by atoms with Gasteiger partial charge < -0.3 is 15.5 Å². The average molecular weight is 529 g/mol. The number of rotatable bonds is 11. The van der Waals surface area contributed by atoms with Gasteiger partial charge in [0.15, 0.2) is 21.3 Å². The van der Waals surface area contributed by atoms with Crippen molar-refractivity contribution in [3.63, 3.8) is 0 Å². The van der Waals surface area contributed by atoms with Gasteiger partial charge in [-0.1, -0.05) is 30.3 Å². The van der Waals surface area contributed by atoms with Crippen LogP contribution >= 0.6 is 0 Å². The van der Waals surface area contributed by atoms with Crippen molar-refractivity contribution in [3.05, 3.63) is 60.3 Å². The molecule has 0 spiro atoms. The molecule has 0 saturated heterocycles. The quantitative estimate of drug-likeness (QED) is 0.277. The number of anilines is 1. The topological polar surface area (TPSA) is 137 Å². The summed E-state index contributed by atoms with van der Waals surface area (Å²) in [5.41, 5.74) is 8.78. The number of benzene rings is 2.